The number of carbonyl (C=O) groups is 1. The van der Waals surface area contributed by atoms with E-state index < -0.39 is 0 Å². The van der Waals surface area contributed by atoms with Gasteiger partial charge in [-0.2, -0.15) is 0 Å². The molecule has 1 saturated heterocycles. The molecule has 6 nitrogen and oxygen atoms in total. The van der Waals surface area contributed by atoms with E-state index in [2.05, 4.69) is 37.4 Å². The van der Waals surface area contributed by atoms with E-state index in [-0.39, 0.29) is 22.4 Å². The van der Waals surface area contributed by atoms with Crippen LogP contribution in [0.2, 0.25) is 0 Å². The van der Waals surface area contributed by atoms with Crippen LogP contribution in [-0.4, -0.2) is 23.9 Å². The lowest BCUT2D eigenvalue weighted by molar-refractivity contribution is -0.384. The molecule has 1 aliphatic rings. The topological polar surface area (TPSA) is 75.5 Å². The second-order valence-electron chi connectivity index (χ2n) is 7.15. The summed E-state index contributed by atoms with van der Waals surface area (Å²) >= 11 is 0. The fourth-order valence-corrected chi connectivity index (χ4v) is 3.64. The van der Waals surface area contributed by atoms with Crippen LogP contribution < -0.4 is 10.2 Å². The molecule has 2 aromatic carbocycles. The maximum absolute atomic E-state index is 12.5. The van der Waals surface area contributed by atoms with Gasteiger partial charge in [0.1, 0.15) is 5.69 Å². The number of nitrogens with one attached hydrogen (secondary N) is 1. The summed E-state index contributed by atoms with van der Waals surface area (Å²) in [5.74, 6) is 0.0203. The van der Waals surface area contributed by atoms with Gasteiger partial charge in [-0.25, -0.2) is 0 Å². The predicted molar refractivity (Wildman–Crippen MR) is 106 cm³/mol. The zero-order chi connectivity index (χ0) is 19.4. The van der Waals surface area contributed by atoms with Crippen molar-refractivity contribution in [2.45, 2.75) is 33.2 Å². The van der Waals surface area contributed by atoms with Gasteiger partial charge in [0, 0.05) is 31.6 Å². The molecule has 1 fully saturated rings. The van der Waals surface area contributed by atoms with Gasteiger partial charge in [-0.05, 0) is 43.9 Å². The molecule has 6 heteroatoms. The fraction of sp³-hybridized carbons (Fsp3) is 0.381. The number of hydrogen-bond acceptors (Lipinski definition) is 4. The summed E-state index contributed by atoms with van der Waals surface area (Å²) in [5, 5.41) is 14.3. The van der Waals surface area contributed by atoms with E-state index in [1.807, 2.05) is 11.0 Å². The number of amides is 1. The number of hydrogen-bond donors (Lipinski definition) is 1. The number of nitrogens with zero attached hydrogens (tertiary/aromatic N) is 2. The fourth-order valence-electron chi connectivity index (χ4n) is 3.64. The van der Waals surface area contributed by atoms with Crippen LogP contribution in [0.15, 0.2) is 42.5 Å². The Hall–Kier alpha value is -2.89. The third-order valence-corrected chi connectivity index (χ3v) is 5.24. The van der Waals surface area contributed by atoms with E-state index >= 15 is 0 Å². The van der Waals surface area contributed by atoms with Crippen LogP contribution in [0, 0.1) is 29.9 Å². The molecule has 2 aromatic rings. The summed E-state index contributed by atoms with van der Waals surface area (Å²) in [6.07, 6.45) is 1.40. The summed E-state index contributed by atoms with van der Waals surface area (Å²) < 4.78 is 0. The van der Waals surface area contributed by atoms with Gasteiger partial charge in [0.2, 0.25) is 5.91 Å². The molecule has 142 valence electrons. The zero-order valence-electron chi connectivity index (χ0n) is 15.8. The van der Waals surface area contributed by atoms with Crippen molar-refractivity contribution < 1.29 is 9.72 Å². The number of piperidine rings is 1. The first-order valence-corrected chi connectivity index (χ1v) is 9.28. The Bertz CT molecular complexity index is 842. The van der Waals surface area contributed by atoms with E-state index in [4.69, 9.17) is 0 Å². The molecule has 0 saturated carbocycles. The van der Waals surface area contributed by atoms with Crippen molar-refractivity contribution >= 4 is 17.3 Å². The van der Waals surface area contributed by atoms with Crippen LogP contribution in [0.1, 0.15) is 29.5 Å². The number of benzene rings is 2. The van der Waals surface area contributed by atoms with Gasteiger partial charge in [0.15, 0.2) is 0 Å². The van der Waals surface area contributed by atoms with Crippen LogP contribution in [0.4, 0.5) is 11.4 Å². The van der Waals surface area contributed by atoms with E-state index in [9.17, 15) is 14.9 Å². The van der Waals surface area contributed by atoms with Gasteiger partial charge >= 0.3 is 0 Å². The van der Waals surface area contributed by atoms with Crippen molar-refractivity contribution in [3.63, 3.8) is 0 Å². The third kappa shape index (κ3) is 4.45. The van der Waals surface area contributed by atoms with Gasteiger partial charge in [-0.15, -0.1) is 0 Å². The molecule has 0 aromatic heterocycles. The Morgan fingerprint density at radius 2 is 1.89 bits per heavy atom. The summed E-state index contributed by atoms with van der Waals surface area (Å²) in [5.41, 5.74) is 4.28. The first kappa shape index (κ1) is 18.9. The molecule has 0 radical (unpaired) electrons. The highest BCUT2D eigenvalue weighted by Crippen LogP contribution is 2.31. The zero-order valence-corrected chi connectivity index (χ0v) is 15.8. The maximum Gasteiger partial charge on any atom is 0.292 e. The van der Waals surface area contributed by atoms with Gasteiger partial charge in [0.25, 0.3) is 5.69 Å². The molecule has 0 bridgehead atoms. The normalized spacial score (nSPS) is 14.8. The summed E-state index contributed by atoms with van der Waals surface area (Å²) in [6.45, 7) is 5.94. The lowest BCUT2D eigenvalue weighted by Crippen LogP contribution is -2.40. The van der Waals surface area contributed by atoms with Crippen molar-refractivity contribution in [3.05, 3.63) is 69.3 Å². The SMILES string of the molecule is Cc1ccc(CNC(=O)C2CCN(c3ccccc3[N+](=O)[O-])CC2)c(C)c1. The molecule has 27 heavy (non-hydrogen) atoms. The van der Waals surface area contributed by atoms with E-state index in [1.54, 1.807) is 12.1 Å². The molecule has 1 heterocycles. The summed E-state index contributed by atoms with van der Waals surface area (Å²) in [7, 11) is 0. The van der Waals surface area contributed by atoms with Gasteiger partial charge < -0.3 is 10.2 Å². The minimum atomic E-state index is -0.349. The highest BCUT2D eigenvalue weighted by molar-refractivity contribution is 5.79. The van der Waals surface area contributed by atoms with Gasteiger partial charge in [-0.1, -0.05) is 35.9 Å². The lowest BCUT2D eigenvalue weighted by atomic mass is 9.95. The van der Waals surface area contributed by atoms with Crippen LogP contribution >= 0.6 is 0 Å². The largest absolute Gasteiger partial charge is 0.366 e. The number of nitro benzene ring substituents is 1. The highest BCUT2D eigenvalue weighted by Gasteiger charge is 2.27. The van der Waals surface area contributed by atoms with Gasteiger partial charge in [-0.3, -0.25) is 14.9 Å². The molecular weight excluding hydrogens is 342 g/mol. The van der Waals surface area contributed by atoms with Crippen LogP contribution in [-0.2, 0) is 11.3 Å². The van der Waals surface area contributed by atoms with E-state index in [0.29, 0.717) is 38.2 Å². The Morgan fingerprint density at radius 1 is 1.19 bits per heavy atom. The average Bonchev–Trinajstić information content (AvgIpc) is 2.67. The molecular formula is C21H25N3O3. The second kappa shape index (κ2) is 8.20. The van der Waals surface area contributed by atoms with Gasteiger partial charge in [0.05, 0.1) is 4.92 Å². The number of nitro groups is 1. The first-order valence-electron chi connectivity index (χ1n) is 9.28. The van der Waals surface area contributed by atoms with E-state index in [1.165, 1.54) is 17.2 Å². The second-order valence-corrected chi connectivity index (χ2v) is 7.15. The number of anilines is 1. The average molecular weight is 367 g/mol. The van der Waals surface area contributed by atoms with Crippen molar-refractivity contribution in [1.82, 2.24) is 5.32 Å². The standard InChI is InChI=1S/C21H25N3O3/c1-15-7-8-18(16(2)13-15)14-22-21(25)17-9-11-23(12-10-17)19-5-3-4-6-20(19)24(26)27/h3-8,13,17H,9-12,14H2,1-2H3,(H,22,25). The lowest BCUT2D eigenvalue weighted by Gasteiger charge is -2.32. The third-order valence-electron chi connectivity index (χ3n) is 5.24. The summed E-state index contributed by atoms with van der Waals surface area (Å²) in [6, 6.07) is 13.0. The van der Waals surface area contributed by atoms with Crippen molar-refractivity contribution in [2.75, 3.05) is 18.0 Å². The molecule has 0 unspecified atom stereocenters. The monoisotopic (exact) mass is 367 g/mol. The number of para-hydroxylation sites is 2. The van der Waals surface area contributed by atoms with Crippen molar-refractivity contribution in [2.24, 2.45) is 5.92 Å². The highest BCUT2D eigenvalue weighted by atomic mass is 16.6. The van der Waals surface area contributed by atoms with Crippen molar-refractivity contribution in [1.29, 1.82) is 0 Å². The Kier molecular flexibility index (Phi) is 5.74. The molecule has 1 amide bonds. The van der Waals surface area contributed by atoms with Crippen LogP contribution in [0.5, 0.6) is 0 Å². The summed E-state index contributed by atoms with van der Waals surface area (Å²) in [4.78, 5) is 25.4. The number of aryl methyl sites for hydroxylation is 2. The molecule has 3 rings (SSSR count). The quantitative estimate of drug-likeness (QED) is 0.645. The molecule has 0 atom stereocenters. The van der Waals surface area contributed by atoms with Crippen LogP contribution in [0.25, 0.3) is 0 Å². The smallest absolute Gasteiger partial charge is 0.292 e. The Morgan fingerprint density at radius 3 is 2.56 bits per heavy atom. The number of carbonyl (C=O) groups excluding carboxylic acids is 1. The minimum Gasteiger partial charge on any atom is -0.366 e. The molecule has 0 aliphatic carbocycles. The Labute approximate surface area is 159 Å². The first-order chi connectivity index (χ1) is 13.0. The predicted octanol–water partition coefficient (Wildman–Crippen LogP) is 3.74. The Balaban J connectivity index is 1.56. The molecule has 0 spiro atoms. The van der Waals surface area contributed by atoms with E-state index in [0.717, 1.165) is 5.56 Å². The number of rotatable bonds is 5. The minimum absolute atomic E-state index is 0.0465. The van der Waals surface area contributed by atoms with Crippen molar-refractivity contribution in [3.8, 4) is 0 Å². The maximum atomic E-state index is 12.5. The molecule has 1 aliphatic heterocycles. The molecule has 1 N–H and O–H groups in total. The van der Waals surface area contributed by atoms with Crippen LogP contribution in [0.3, 0.4) is 0 Å².